The summed E-state index contributed by atoms with van der Waals surface area (Å²) in [5.41, 5.74) is 0. The molecule has 0 fully saturated rings. The lowest BCUT2D eigenvalue weighted by molar-refractivity contribution is -0.143. The molecule has 0 saturated carbocycles. The lowest BCUT2D eigenvalue weighted by Crippen LogP contribution is -2.45. The number of hydrogen-bond donors (Lipinski definition) is 3. The number of esters is 1. The molecule has 400 valence electrons. The molecular weight excluding hydrogens is 827 g/mol. The third-order valence-electron chi connectivity index (χ3n) is 14.7. The summed E-state index contributed by atoms with van der Waals surface area (Å²) in [5.74, 6) is -0.0160. The van der Waals surface area contributed by atoms with E-state index in [0.717, 1.165) is 38.5 Å². The molecule has 0 aromatic heterocycles. The topological polar surface area (TPSA) is 95.9 Å². The third-order valence-corrected chi connectivity index (χ3v) is 14.7. The van der Waals surface area contributed by atoms with E-state index in [0.29, 0.717) is 25.9 Å². The van der Waals surface area contributed by atoms with E-state index in [1.807, 2.05) is 0 Å². The summed E-state index contributed by atoms with van der Waals surface area (Å²) >= 11 is 0. The maximum atomic E-state index is 12.5. The van der Waals surface area contributed by atoms with Crippen LogP contribution in [0.1, 0.15) is 354 Å². The fourth-order valence-corrected chi connectivity index (χ4v) is 9.94. The van der Waals surface area contributed by atoms with Crippen molar-refractivity contribution in [2.24, 2.45) is 0 Å². The predicted octanol–water partition coefficient (Wildman–Crippen LogP) is 19.1. The Kier molecular flexibility index (Phi) is 56.5. The van der Waals surface area contributed by atoms with Gasteiger partial charge in [0.1, 0.15) is 0 Å². The number of carbonyl (C=O) groups is 2. The second-order valence-electron chi connectivity index (χ2n) is 21.4. The van der Waals surface area contributed by atoms with Gasteiger partial charge in [0.25, 0.3) is 0 Å². The SMILES string of the molecule is CCCCCCCCCCCCCCCCCCC(O)C(CO)NC(=O)CCCCCCCCCCCCCCCCCCCCCCCCCOC(=O)CCCCCCCCCCCCC. The van der Waals surface area contributed by atoms with Crippen molar-refractivity contribution in [3.8, 4) is 0 Å². The standard InChI is InChI=1S/C61H121NO5/c1-3-5-7-9-11-13-15-16-17-27-30-34-37-41-45-49-53-59(64)58(57-63)62-60(65)54-50-46-42-38-35-31-28-25-23-21-19-18-20-22-24-26-29-32-36-40-44-48-52-56-67-61(66)55-51-47-43-39-33-14-12-10-8-6-4-2/h58-59,63-64H,3-57H2,1-2H3,(H,62,65). The van der Waals surface area contributed by atoms with Gasteiger partial charge in [-0.2, -0.15) is 0 Å². The molecule has 0 aliphatic rings. The molecular formula is C61H121NO5. The van der Waals surface area contributed by atoms with Crippen LogP contribution in [0, 0.1) is 0 Å². The van der Waals surface area contributed by atoms with Crippen molar-refractivity contribution in [1.82, 2.24) is 5.32 Å². The summed E-state index contributed by atoms with van der Waals surface area (Å²) < 4.78 is 5.47. The van der Waals surface area contributed by atoms with E-state index in [1.54, 1.807) is 0 Å². The van der Waals surface area contributed by atoms with Gasteiger partial charge in [0.15, 0.2) is 0 Å². The van der Waals surface area contributed by atoms with Crippen LogP contribution in [-0.2, 0) is 14.3 Å². The summed E-state index contributed by atoms with van der Waals surface area (Å²) in [4.78, 5) is 24.5. The average molecular weight is 949 g/mol. The monoisotopic (exact) mass is 948 g/mol. The minimum absolute atomic E-state index is 0.0150. The third kappa shape index (κ3) is 54.0. The normalized spacial score (nSPS) is 12.5. The first kappa shape index (κ1) is 65.9. The number of amides is 1. The van der Waals surface area contributed by atoms with Gasteiger partial charge in [-0.3, -0.25) is 9.59 Å². The smallest absolute Gasteiger partial charge is 0.305 e. The molecule has 0 spiro atoms. The van der Waals surface area contributed by atoms with Crippen molar-refractivity contribution >= 4 is 11.9 Å². The van der Waals surface area contributed by atoms with Gasteiger partial charge in [-0.1, -0.05) is 316 Å². The maximum absolute atomic E-state index is 12.5. The Labute approximate surface area is 419 Å². The largest absolute Gasteiger partial charge is 0.466 e. The van der Waals surface area contributed by atoms with E-state index in [9.17, 15) is 19.8 Å². The molecule has 0 saturated heterocycles. The molecule has 0 aliphatic heterocycles. The van der Waals surface area contributed by atoms with E-state index in [-0.39, 0.29) is 18.5 Å². The number of aliphatic hydroxyl groups is 2. The fraction of sp³-hybridized carbons (Fsp3) is 0.967. The van der Waals surface area contributed by atoms with E-state index in [1.165, 1.54) is 283 Å². The molecule has 6 nitrogen and oxygen atoms in total. The second-order valence-corrected chi connectivity index (χ2v) is 21.4. The number of hydrogen-bond acceptors (Lipinski definition) is 5. The Hall–Kier alpha value is -1.14. The molecule has 67 heavy (non-hydrogen) atoms. The first-order chi connectivity index (χ1) is 33.0. The van der Waals surface area contributed by atoms with Gasteiger partial charge in [-0.25, -0.2) is 0 Å². The molecule has 1 amide bonds. The van der Waals surface area contributed by atoms with Crippen LogP contribution in [0.2, 0.25) is 0 Å². The fourth-order valence-electron chi connectivity index (χ4n) is 9.94. The van der Waals surface area contributed by atoms with Gasteiger partial charge in [-0.05, 0) is 25.7 Å². The highest BCUT2D eigenvalue weighted by Gasteiger charge is 2.20. The predicted molar refractivity (Wildman–Crippen MR) is 292 cm³/mol. The molecule has 0 aromatic rings. The van der Waals surface area contributed by atoms with Crippen LogP contribution in [0.15, 0.2) is 0 Å². The summed E-state index contributed by atoms with van der Waals surface area (Å²) in [6.45, 7) is 4.98. The van der Waals surface area contributed by atoms with Gasteiger partial charge in [-0.15, -0.1) is 0 Å². The van der Waals surface area contributed by atoms with Gasteiger partial charge in [0.2, 0.25) is 5.91 Å². The summed E-state index contributed by atoms with van der Waals surface area (Å²) in [7, 11) is 0. The van der Waals surface area contributed by atoms with Crippen LogP contribution in [0.4, 0.5) is 0 Å². The van der Waals surface area contributed by atoms with E-state index in [2.05, 4.69) is 19.2 Å². The van der Waals surface area contributed by atoms with Gasteiger partial charge in [0.05, 0.1) is 25.4 Å². The molecule has 0 aliphatic carbocycles. The Bertz CT molecular complexity index is 959. The molecule has 0 bridgehead atoms. The molecule has 0 aromatic carbocycles. The molecule has 3 N–H and O–H groups in total. The van der Waals surface area contributed by atoms with Crippen molar-refractivity contribution < 1.29 is 24.5 Å². The average Bonchev–Trinajstić information content (AvgIpc) is 3.33. The first-order valence-corrected chi connectivity index (χ1v) is 30.8. The van der Waals surface area contributed by atoms with E-state index in [4.69, 9.17) is 4.74 Å². The van der Waals surface area contributed by atoms with Gasteiger partial charge in [0, 0.05) is 12.8 Å². The molecule has 6 heteroatoms. The number of ether oxygens (including phenoxy) is 1. The second kappa shape index (κ2) is 57.4. The highest BCUT2D eigenvalue weighted by molar-refractivity contribution is 5.76. The first-order valence-electron chi connectivity index (χ1n) is 30.8. The van der Waals surface area contributed by atoms with Crippen molar-refractivity contribution in [2.45, 2.75) is 366 Å². The minimum atomic E-state index is -0.662. The van der Waals surface area contributed by atoms with Crippen molar-refractivity contribution in [1.29, 1.82) is 0 Å². The summed E-state index contributed by atoms with van der Waals surface area (Å²) in [6, 6.07) is -0.539. The molecule has 2 atom stereocenters. The lowest BCUT2D eigenvalue weighted by atomic mass is 10.0. The summed E-state index contributed by atoms with van der Waals surface area (Å²) in [5, 5.41) is 23.3. The summed E-state index contributed by atoms with van der Waals surface area (Å²) in [6.07, 6.45) is 66.8. The van der Waals surface area contributed by atoms with Crippen LogP contribution in [-0.4, -0.2) is 47.4 Å². The van der Waals surface area contributed by atoms with Gasteiger partial charge < -0.3 is 20.3 Å². The molecule has 0 heterocycles. The van der Waals surface area contributed by atoms with Gasteiger partial charge >= 0.3 is 5.97 Å². The quantitative estimate of drug-likeness (QED) is 0.0417. The lowest BCUT2D eigenvalue weighted by Gasteiger charge is -2.22. The van der Waals surface area contributed by atoms with E-state index < -0.39 is 12.1 Å². The highest BCUT2D eigenvalue weighted by Crippen LogP contribution is 2.18. The zero-order chi connectivity index (χ0) is 48.6. The van der Waals surface area contributed by atoms with Crippen LogP contribution in [0.25, 0.3) is 0 Å². The highest BCUT2D eigenvalue weighted by atomic mass is 16.5. The van der Waals surface area contributed by atoms with Crippen molar-refractivity contribution in [3.05, 3.63) is 0 Å². The van der Waals surface area contributed by atoms with Crippen LogP contribution < -0.4 is 5.32 Å². The number of aliphatic hydroxyl groups excluding tert-OH is 2. The Morgan fingerprint density at radius 2 is 0.612 bits per heavy atom. The molecule has 0 radical (unpaired) electrons. The Morgan fingerprint density at radius 3 is 0.910 bits per heavy atom. The molecule has 0 rings (SSSR count). The van der Waals surface area contributed by atoms with Crippen LogP contribution in [0.5, 0.6) is 0 Å². The Balaban J connectivity index is 3.36. The zero-order valence-electron chi connectivity index (χ0n) is 45.7. The van der Waals surface area contributed by atoms with Crippen LogP contribution in [0.3, 0.4) is 0 Å². The van der Waals surface area contributed by atoms with Crippen molar-refractivity contribution in [2.75, 3.05) is 13.2 Å². The Morgan fingerprint density at radius 1 is 0.358 bits per heavy atom. The molecule has 2 unspecified atom stereocenters. The number of carbonyl (C=O) groups excluding carboxylic acids is 2. The zero-order valence-corrected chi connectivity index (χ0v) is 45.7. The van der Waals surface area contributed by atoms with Crippen molar-refractivity contribution in [3.63, 3.8) is 0 Å². The number of unbranched alkanes of at least 4 members (excludes halogenated alkanes) is 47. The number of rotatable bonds is 58. The van der Waals surface area contributed by atoms with Crippen LogP contribution >= 0.6 is 0 Å². The minimum Gasteiger partial charge on any atom is -0.466 e. The number of nitrogens with one attached hydrogen (secondary N) is 1. The van der Waals surface area contributed by atoms with E-state index >= 15 is 0 Å². The maximum Gasteiger partial charge on any atom is 0.305 e.